The lowest BCUT2D eigenvalue weighted by Gasteiger charge is -2.34. The van der Waals surface area contributed by atoms with Gasteiger partial charge < -0.3 is 29.5 Å². The van der Waals surface area contributed by atoms with Crippen molar-refractivity contribution in [3.63, 3.8) is 0 Å². The number of nitrogens with zero attached hydrogens (tertiary/aromatic N) is 1. The topological polar surface area (TPSA) is 63.2 Å². The Morgan fingerprint density at radius 3 is 2.54 bits per heavy atom. The van der Waals surface area contributed by atoms with Crippen molar-refractivity contribution in [1.29, 1.82) is 0 Å². The van der Waals surface area contributed by atoms with Crippen molar-refractivity contribution < 1.29 is 19.3 Å². The van der Waals surface area contributed by atoms with Crippen molar-refractivity contribution in [2.24, 2.45) is 0 Å². The fourth-order valence-electron chi connectivity index (χ4n) is 3.73. The first-order valence-corrected chi connectivity index (χ1v) is 9.49. The highest BCUT2D eigenvalue weighted by atomic mass is 16.6. The van der Waals surface area contributed by atoms with Gasteiger partial charge in [-0.05, 0) is 42.8 Å². The minimum atomic E-state index is -1.05. The van der Waals surface area contributed by atoms with E-state index in [4.69, 9.17) is 14.2 Å². The lowest BCUT2D eigenvalue weighted by Crippen LogP contribution is -2.49. The van der Waals surface area contributed by atoms with Gasteiger partial charge in [-0.1, -0.05) is 0 Å². The highest BCUT2D eigenvalue weighted by molar-refractivity contribution is 5.87. The van der Waals surface area contributed by atoms with Gasteiger partial charge in [-0.25, -0.2) is 0 Å². The Hall–Kier alpha value is -2.70. The Kier molecular flexibility index (Phi) is 5.15. The third kappa shape index (κ3) is 3.66. The van der Waals surface area contributed by atoms with Crippen LogP contribution in [0.25, 0.3) is 11.6 Å². The van der Waals surface area contributed by atoms with Crippen molar-refractivity contribution in [1.82, 2.24) is 5.32 Å². The summed E-state index contributed by atoms with van der Waals surface area (Å²) in [6.45, 7) is 5.05. The molecule has 2 N–H and O–H groups in total. The predicted octanol–water partition coefficient (Wildman–Crippen LogP) is 2.75. The molecule has 2 aliphatic rings. The lowest BCUT2D eigenvalue weighted by atomic mass is 9.98. The molecule has 2 heterocycles. The molecule has 28 heavy (non-hydrogen) atoms. The van der Waals surface area contributed by atoms with Gasteiger partial charge in [0.1, 0.15) is 17.2 Å². The predicted molar refractivity (Wildman–Crippen MR) is 110 cm³/mol. The number of hydrogen-bond donors (Lipinski definition) is 2. The second-order valence-corrected chi connectivity index (χ2v) is 7.19. The average molecular weight is 382 g/mol. The first-order valence-electron chi connectivity index (χ1n) is 9.49. The molecule has 2 atom stereocenters. The van der Waals surface area contributed by atoms with Gasteiger partial charge in [0.05, 0.1) is 14.2 Å². The van der Waals surface area contributed by atoms with Gasteiger partial charge in [-0.2, -0.15) is 0 Å². The molecule has 1 unspecified atom stereocenters. The summed E-state index contributed by atoms with van der Waals surface area (Å²) in [5, 5.41) is 14.1. The summed E-state index contributed by atoms with van der Waals surface area (Å²) >= 11 is 0. The summed E-state index contributed by atoms with van der Waals surface area (Å²) in [6, 6.07) is 12.1. The molecule has 0 spiro atoms. The molecule has 1 fully saturated rings. The van der Waals surface area contributed by atoms with Crippen LogP contribution in [0.4, 0.5) is 5.69 Å². The Bertz CT molecular complexity index is 874. The summed E-state index contributed by atoms with van der Waals surface area (Å²) in [4.78, 5) is 2.34. The fourth-order valence-corrected chi connectivity index (χ4v) is 3.73. The van der Waals surface area contributed by atoms with Crippen molar-refractivity contribution in [2.75, 3.05) is 38.8 Å². The van der Waals surface area contributed by atoms with Gasteiger partial charge in [0.15, 0.2) is 0 Å². The van der Waals surface area contributed by atoms with E-state index >= 15 is 0 Å². The highest BCUT2D eigenvalue weighted by Crippen LogP contribution is 2.38. The standard InChI is InChI=1S/C22H26N2O4/c1-14-13-24(7-6-23-14)17-5-4-15-10-20(22(25)28-21(15)11-17)16-8-18(26-2)12-19(9-16)27-3/h4-5,8-12,14,22-23,25H,6-7,13H2,1-3H3/t14-,22?/m1/s1. The molecule has 0 aromatic heterocycles. The van der Waals surface area contributed by atoms with Crippen LogP contribution in [0.3, 0.4) is 0 Å². The quantitative estimate of drug-likeness (QED) is 0.848. The van der Waals surface area contributed by atoms with Crippen LogP contribution in [0.5, 0.6) is 17.2 Å². The van der Waals surface area contributed by atoms with Gasteiger partial charge in [0.25, 0.3) is 0 Å². The molecular weight excluding hydrogens is 356 g/mol. The Morgan fingerprint density at radius 1 is 1.11 bits per heavy atom. The molecule has 2 aliphatic heterocycles. The fraction of sp³-hybridized carbons (Fsp3) is 0.364. The first kappa shape index (κ1) is 18.7. The second-order valence-electron chi connectivity index (χ2n) is 7.19. The number of benzene rings is 2. The molecular formula is C22H26N2O4. The van der Waals surface area contributed by atoms with Gasteiger partial charge in [0, 0.05) is 54.6 Å². The molecule has 6 heteroatoms. The zero-order valence-corrected chi connectivity index (χ0v) is 16.4. The van der Waals surface area contributed by atoms with E-state index < -0.39 is 6.29 Å². The third-order valence-electron chi connectivity index (χ3n) is 5.23. The van der Waals surface area contributed by atoms with E-state index in [1.807, 2.05) is 30.3 Å². The number of hydrogen-bond acceptors (Lipinski definition) is 6. The van der Waals surface area contributed by atoms with Crippen molar-refractivity contribution in [3.8, 4) is 17.2 Å². The Labute approximate surface area is 165 Å². The van der Waals surface area contributed by atoms with Crippen LogP contribution in [0.2, 0.25) is 0 Å². The number of anilines is 1. The van der Waals surface area contributed by atoms with E-state index in [9.17, 15) is 5.11 Å². The van der Waals surface area contributed by atoms with Gasteiger partial charge >= 0.3 is 0 Å². The van der Waals surface area contributed by atoms with Gasteiger partial charge in [-0.3, -0.25) is 0 Å². The Morgan fingerprint density at radius 2 is 1.86 bits per heavy atom. The maximum atomic E-state index is 10.6. The van der Waals surface area contributed by atoms with Crippen LogP contribution < -0.4 is 24.4 Å². The number of aliphatic hydroxyl groups is 1. The summed E-state index contributed by atoms with van der Waals surface area (Å²) in [6.07, 6.45) is 0.906. The maximum Gasteiger partial charge on any atom is 0.224 e. The molecule has 148 valence electrons. The van der Waals surface area contributed by atoms with Crippen LogP contribution in [-0.2, 0) is 0 Å². The number of ether oxygens (including phenoxy) is 3. The first-order chi connectivity index (χ1) is 13.6. The molecule has 0 radical (unpaired) electrons. The normalized spacial score (nSPS) is 21.4. The van der Waals surface area contributed by atoms with Crippen LogP contribution in [0, 0.1) is 0 Å². The molecule has 0 amide bonds. The van der Waals surface area contributed by atoms with Gasteiger partial charge in [-0.15, -0.1) is 0 Å². The smallest absolute Gasteiger partial charge is 0.224 e. The van der Waals surface area contributed by atoms with Crippen LogP contribution in [-0.4, -0.2) is 51.3 Å². The number of fused-ring (bicyclic) bond motifs is 1. The third-order valence-corrected chi connectivity index (χ3v) is 5.23. The molecule has 1 saturated heterocycles. The van der Waals surface area contributed by atoms with E-state index in [1.54, 1.807) is 20.3 Å². The average Bonchev–Trinajstić information content (AvgIpc) is 2.72. The van der Waals surface area contributed by atoms with E-state index in [0.717, 1.165) is 36.4 Å². The SMILES string of the molecule is COc1cc(OC)cc(C2=Cc3ccc(N4CCN[C@H](C)C4)cc3OC2O)c1. The molecule has 2 aromatic carbocycles. The molecule has 4 rings (SSSR count). The number of methoxy groups -OCH3 is 2. The monoisotopic (exact) mass is 382 g/mol. The van der Waals surface area contributed by atoms with Crippen LogP contribution >= 0.6 is 0 Å². The Balaban J connectivity index is 1.67. The maximum absolute atomic E-state index is 10.6. The second kappa shape index (κ2) is 7.73. The molecule has 0 saturated carbocycles. The number of piperazine rings is 1. The van der Waals surface area contributed by atoms with Crippen LogP contribution in [0.1, 0.15) is 18.1 Å². The van der Waals surface area contributed by atoms with E-state index in [0.29, 0.717) is 28.9 Å². The summed E-state index contributed by atoms with van der Waals surface area (Å²) in [7, 11) is 3.21. The van der Waals surface area contributed by atoms with E-state index in [2.05, 4.69) is 23.2 Å². The molecule has 0 aliphatic carbocycles. The highest BCUT2D eigenvalue weighted by Gasteiger charge is 2.24. The number of rotatable bonds is 4. The van der Waals surface area contributed by atoms with Gasteiger partial charge in [0.2, 0.25) is 6.29 Å². The zero-order valence-electron chi connectivity index (χ0n) is 16.4. The summed E-state index contributed by atoms with van der Waals surface area (Å²) in [5.74, 6) is 2.02. The summed E-state index contributed by atoms with van der Waals surface area (Å²) in [5.41, 5.74) is 3.52. The van der Waals surface area contributed by atoms with E-state index in [1.165, 1.54) is 0 Å². The lowest BCUT2D eigenvalue weighted by molar-refractivity contribution is 0.0320. The van der Waals surface area contributed by atoms with Crippen LogP contribution in [0.15, 0.2) is 36.4 Å². The minimum absolute atomic E-state index is 0.450. The van der Waals surface area contributed by atoms with Crippen molar-refractivity contribution >= 4 is 17.3 Å². The summed E-state index contributed by atoms with van der Waals surface area (Å²) < 4.78 is 16.6. The molecule has 2 aromatic rings. The van der Waals surface area contributed by atoms with Crippen molar-refractivity contribution in [2.45, 2.75) is 19.3 Å². The minimum Gasteiger partial charge on any atom is -0.497 e. The number of aliphatic hydroxyl groups excluding tert-OH is 1. The zero-order chi connectivity index (χ0) is 19.7. The van der Waals surface area contributed by atoms with E-state index in [-0.39, 0.29) is 0 Å². The number of nitrogens with one attached hydrogen (secondary N) is 1. The van der Waals surface area contributed by atoms with Crippen molar-refractivity contribution in [3.05, 3.63) is 47.5 Å². The molecule has 6 nitrogen and oxygen atoms in total. The molecule has 0 bridgehead atoms. The largest absolute Gasteiger partial charge is 0.497 e.